The lowest BCUT2D eigenvalue weighted by atomic mass is 10.1. The van der Waals surface area contributed by atoms with Crippen LogP contribution in [0, 0.1) is 6.92 Å². The minimum Gasteiger partial charge on any atom is -0.309 e. The van der Waals surface area contributed by atoms with Crippen molar-refractivity contribution in [1.82, 2.24) is 20.1 Å². The molecule has 4 nitrogen and oxygen atoms in total. The molecule has 1 atom stereocenters. The van der Waals surface area contributed by atoms with Gasteiger partial charge in [-0.2, -0.15) is 5.10 Å². The van der Waals surface area contributed by atoms with Crippen LogP contribution in [-0.4, -0.2) is 21.3 Å². The number of aromatic nitrogens is 3. The van der Waals surface area contributed by atoms with Gasteiger partial charge in [0.1, 0.15) is 0 Å². The number of hydrogen-bond donors (Lipinski definition) is 1. The van der Waals surface area contributed by atoms with Crippen LogP contribution < -0.4 is 5.32 Å². The Bertz CT molecular complexity index is 610. The van der Waals surface area contributed by atoms with E-state index in [2.05, 4.69) is 35.3 Å². The van der Waals surface area contributed by atoms with Crippen molar-refractivity contribution in [2.24, 2.45) is 0 Å². The molecule has 0 saturated heterocycles. The van der Waals surface area contributed by atoms with Gasteiger partial charge in [-0.05, 0) is 32.5 Å². The number of hydrogen-bond acceptors (Lipinski definition) is 3. The second-order valence-corrected chi connectivity index (χ2v) is 5.77. The first kappa shape index (κ1) is 16.3. The van der Waals surface area contributed by atoms with E-state index in [4.69, 9.17) is 23.2 Å². The van der Waals surface area contributed by atoms with E-state index in [-0.39, 0.29) is 6.04 Å². The van der Waals surface area contributed by atoms with Crippen molar-refractivity contribution in [2.45, 2.75) is 39.8 Å². The zero-order valence-corrected chi connectivity index (χ0v) is 14.0. The molecule has 0 radical (unpaired) electrons. The van der Waals surface area contributed by atoms with Crippen molar-refractivity contribution in [2.75, 3.05) is 6.54 Å². The molecule has 6 heteroatoms. The van der Waals surface area contributed by atoms with Gasteiger partial charge in [0.2, 0.25) is 0 Å². The summed E-state index contributed by atoms with van der Waals surface area (Å²) < 4.78 is 2.02. The minimum absolute atomic E-state index is 0.0427. The van der Waals surface area contributed by atoms with Crippen molar-refractivity contribution in [3.63, 3.8) is 0 Å². The van der Waals surface area contributed by atoms with Gasteiger partial charge >= 0.3 is 0 Å². The van der Waals surface area contributed by atoms with Crippen molar-refractivity contribution < 1.29 is 0 Å². The van der Waals surface area contributed by atoms with Crippen molar-refractivity contribution in [3.05, 3.63) is 45.5 Å². The quantitative estimate of drug-likeness (QED) is 0.877. The average molecular weight is 327 g/mol. The standard InChI is InChI=1S/C15H20Cl2N4/c1-4-18-14(15-13(17)7-11(16)9-19-15)8-12-6-10(3)20-21(12)5-2/h6-7,9,14,18H,4-5,8H2,1-3H3. The third-order valence-electron chi connectivity index (χ3n) is 3.32. The van der Waals surface area contributed by atoms with E-state index in [0.717, 1.165) is 30.9 Å². The van der Waals surface area contributed by atoms with Crippen molar-refractivity contribution in [1.29, 1.82) is 0 Å². The largest absolute Gasteiger partial charge is 0.309 e. The lowest BCUT2D eigenvalue weighted by molar-refractivity contribution is 0.507. The minimum atomic E-state index is 0.0427. The summed E-state index contributed by atoms with van der Waals surface area (Å²) in [7, 11) is 0. The highest BCUT2D eigenvalue weighted by molar-refractivity contribution is 6.34. The van der Waals surface area contributed by atoms with Gasteiger partial charge in [-0.15, -0.1) is 0 Å². The highest BCUT2D eigenvalue weighted by Gasteiger charge is 2.18. The lowest BCUT2D eigenvalue weighted by Gasteiger charge is -2.19. The molecule has 2 rings (SSSR count). The Labute approximate surface area is 135 Å². The molecule has 2 aromatic rings. The molecule has 0 spiro atoms. The van der Waals surface area contributed by atoms with Gasteiger partial charge in [0.25, 0.3) is 0 Å². The molecule has 0 amide bonds. The Hall–Kier alpha value is -1.10. The summed E-state index contributed by atoms with van der Waals surface area (Å²) in [4.78, 5) is 4.40. The first-order chi connectivity index (χ1) is 10.0. The van der Waals surface area contributed by atoms with Crippen molar-refractivity contribution in [3.8, 4) is 0 Å². The summed E-state index contributed by atoms with van der Waals surface area (Å²) in [6, 6.07) is 3.89. The van der Waals surface area contributed by atoms with E-state index in [1.165, 1.54) is 5.69 Å². The van der Waals surface area contributed by atoms with Crippen LogP contribution in [0.4, 0.5) is 0 Å². The predicted octanol–water partition coefficient (Wildman–Crippen LogP) is 3.81. The SMILES string of the molecule is CCNC(Cc1cc(C)nn1CC)c1ncc(Cl)cc1Cl. The first-order valence-corrected chi connectivity index (χ1v) is 7.88. The van der Waals surface area contributed by atoms with Crippen LogP contribution in [0.15, 0.2) is 18.3 Å². The Balaban J connectivity index is 2.30. The third-order valence-corrected chi connectivity index (χ3v) is 3.82. The zero-order chi connectivity index (χ0) is 15.4. The summed E-state index contributed by atoms with van der Waals surface area (Å²) in [5.41, 5.74) is 3.02. The zero-order valence-electron chi connectivity index (χ0n) is 12.5. The topological polar surface area (TPSA) is 42.7 Å². The van der Waals surface area contributed by atoms with Crippen molar-refractivity contribution >= 4 is 23.2 Å². The van der Waals surface area contributed by atoms with E-state index in [9.17, 15) is 0 Å². The summed E-state index contributed by atoms with van der Waals surface area (Å²) in [6.45, 7) is 7.85. The summed E-state index contributed by atoms with van der Waals surface area (Å²) in [5.74, 6) is 0. The molecule has 0 saturated carbocycles. The monoisotopic (exact) mass is 326 g/mol. The maximum absolute atomic E-state index is 6.30. The van der Waals surface area contributed by atoms with Gasteiger partial charge in [-0.1, -0.05) is 30.1 Å². The Morgan fingerprint density at radius 3 is 2.67 bits per heavy atom. The van der Waals surface area contributed by atoms with Crippen LogP contribution in [0.5, 0.6) is 0 Å². The van der Waals surface area contributed by atoms with Crippen LogP contribution in [0.2, 0.25) is 10.0 Å². The molecule has 1 N–H and O–H groups in total. The number of aryl methyl sites for hydroxylation is 2. The molecular weight excluding hydrogens is 307 g/mol. The van der Waals surface area contributed by atoms with Gasteiger partial charge in [-0.25, -0.2) is 0 Å². The lowest BCUT2D eigenvalue weighted by Crippen LogP contribution is -2.25. The number of nitrogens with zero attached hydrogens (tertiary/aromatic N) is 3. The van der Waals surface area contributed by atoms with Gasteiger partial charge < -0.3 is 5.32 Å². The molecule has 1 unspecified atom stereocenters. The fraction of sp³-hybridized carbons (Fsp3) is 0.467. The number of halogens is 2. The normalized spacial score (nSPS) is 12.6. The first-order valence-electron chi connectivity index (χ1n) is 7.12. The highest BCUT2D eigenvalue weighted by atomic mass is 35.5. The summed E-state index contributed by atoms with van der Waals surface area (Å²) >= 11 is 12.2. The third kappa shape index (κ3) is 3.96. The molecule has 0 aliphatic heterocycles. The van der Waals surface area contributed by atoms with Crippen LogP contribution in [0.1, 0.15) is 37.0 Å². The van der Waals surface area contributed by atoms with E-state index in [1.54, 1.807) is 12.3 Å². The van der Waals surface area contributed by atoms with Crippen LogP contribution in [0.3, 0.4) is 0 Å². The van der Waals surface area contributed by atoms with Crippen LogP contribution >= 0.6 is 23.2 Å². The van der Waals surface area contributed by atoms with Gasteiger partial charge in [0.05, 0.1) is 27.5 Å². The van der Waals surface area contributed by atoms with E-state index >= 15 is 0 Å². The average Bonchev–Trinajstić information content (AvgIpc) is 2.78. The van der Waals surface area contributed by atoms with Gasteiger partial charge in [0, 0.05) is 24.9 Å². The van der Waals surface area contributed by atoms with E-state index in [1.807, 2.05) is 11.6 Å². The maximum atomic E-state index is 6.30. The molecule has 0 aliphatic rings. The Morgan fingerprint density at radius 2 is 2.05 bits per heavy atom. The molecule has 2 aromatic heterocycles. The fourth-order valence-electron chi connectivity index (χ4n) is 2.44. The number of pyridine rings is 1. The van der Waals surface area contributed by atoms with Crippen LogP contribution in [0.25, 0.3) is 0 Å². The summed E-state index contributed by atoms with van der Waals surface area (Å²) in [6.07, 6.45) is 2.42. The van der Waals surface area contributed by atoms with E-state index < -0.39 is 0 Å². The summed E-state index contributed by atoms with van der Waals surface area (Å²) in [5, 5.41) is 9.06. The Morgan fingerprint density at radius 1 is 1.29 bits per heavy atom. The molecule has 114 valence electrons. The molecule has 0 aliphatic carbocycles. The van der Waals surface area contributed by atoms with E-state index in [0.29, 0.717) is 10.0 Å². The van der Waals surface area contributed by atoms with Gasteiger partial charge in [-0.3, -0.25) is 9.67 Å². The smallest absolute Gasteiger partial charge is 0.0764 e. The Kier molecular flexibility index (Phi) is 5.62. The van der Waals surface area contributed by atoms with Crippen LogP contribution in [-0.2, 0) is 13.0 Å². The molecule has 0 fully saturated rings. The van der Waals surface area contributed by atoms with Gasteiger partial charge in [0.15, 0.2) is 0 Å². The maximum Gasteiger partial charge on any atom is 0.0764 e. The molecule has 0 aromatic carbocycles. The molecule has 21 heavy (non-hydrogen) atoms. The molecule has 0 bridgehead atoms. The predicted molar refractivity (Wildman–Crippen MR) is 87.0 cm³/mol. The molecule has 2 heterocycles. The second-order valence-electron chi connectivity index (χ2n) is 4.93. The highest BCUT2D eigenvalue weighted by Crippen LogP contribution is 2.26. The second kappa shape index (κ2) is 7.25. The number of likely N-dealkylation sites (N-methyl/N-ethyl adjacent to an activating group) is 1. The number of rotatable bonds is 6. The fourth-order valence-corrected chi connectivity index (χ4v) is 2.95. The number of nitrogens with one attached hydrogen (secondary N) is 1. The molecular formula is C15H20Cl2N4.